The first kappa shape index (κ1) is 18.1. The van der Waals surface area contributed by atoms with Crippen molar-refractivity contribution in [1.29, 1.82) is 0 Å². The molecule has 1 saturated heterocycles. The number of aromatic nitrogens is 2. The third-order valence-electron chi connectivity index (χ3n) is 4.53. The van der Waals surface area contributed by atoms with Crippen molar-refractivity contribution in [1.82, 2.24) is 14.9 Å². The number of methoxy groups -OCH3 is 1. The van der Waals surface area contributed by atoms with Crippen LogP contribution in [0.2, 0.25) is 0 Å². The lowest BCUT2D eigenvalue weighted by molar-refractivity contribution is -0.115. The predicted molar refractivity (Wildman–Crippen MR) is 102 cm³/mol. The molecule has 0 radical (unpaired) electrons. The van der Waals surface area contributed by atoms with E-state index in [4.69, 9.17) is 4.74 Å². The summed E-state index contributed by atoms with van der Waals surface area (Å²) in [5.74, 6) is 1.44. The summed E-state index contributed by atoms with van der Waals surface area (Å²) >= 11 is 0. The van der Waals surface area contributed by atoms with Gasteiger partial charge in [0.2, 0.25) is 11.9 Å². The van der Waals surface area contributed by atoms with E-state index in [2.05, 4.69) is 32.1 Å². The van der Waals surface area contributed by atoms with Crippen molar-refractivity contribution in [2.24, 2.45) is 0 Å². The molecule has 138 valence electrons. The molecule has 0 saturated carbocycles. The molecule has 1 aliphatic rings. The van der Waals surface area contributed by atoms with Crippen LogP contribution in [0.1, 0.15) is 11.1 Å². The molecule has 0 atom stereocenters. The van der Waals surface area contributed by atoms with Gasteiger partial charge in [0.25, 0.3) is 0 Å². The summed E-state index contributed by atoms with van der Waals surface area (Å²) in [6.07, 6.45) is 3.63. The van der Waals surface area contributed by atoms with Crippen molar-refractivity contribution in [2.45, 2.75) is 13.3 Å². The standard InChI is InChI=1S/C19H25N5O2/c1-14-10-15(4-5-17(14)26-3)11-18(25)22-16-12-20-19(21-13-16)24-8-6-23(2)7-9-24/h4-5,10,12-13H,6-9,11H2,1-3H3,(H,22,25). The van der Waals surface area contributed by atoms with Crippen molar-refractivity contribution in [2.75, 3.05) is 50.6 Å². The molecule has 1 N–H and O–H groups in total. The fourth-order valence-corrected chi connectivity index (χ4v) is 3.00. The minimum Gasteiger partial charge on any atom is -0.496 e. The number of benzene rings is 1. The van der Waals surface area contributed by atoms with Gasteiger partial charge in [-0.3, -0.25) is 4.79 Å². The summed E-state index contributed by atoms with van der Waals surface area (Å²) in [4.78, 5) is 25.5. The number of aryl methyl sites for hydroxylation is 1. The smallest absolute Gasteiger partial charge is 0.228 e. The Labute approximate surface area is 154 Å². The molecule has 3 rings (SSSR count). The fourth-order valence-electron chi connectivity index (χ4n) is 3.00. The quantitative estimate of drug-likeness (QED) is 0.881. The van der Waals surface area contributed by atoms with Crippen molar-refractivity contribution in [3.8, 4) is 5.75 Å². The van der Waals surface area contributed by atoms with Gasteiger partial charge in [0.15, 0.2) is 0 Å². The summed E-state index contributed by atoms with van der Waals surface area (Å²) < 4.78 is 5.24. The number of anilines is 2. The number of nitrogens with zero attached hydrogens (tertiary/aromatic N) is 4. The van der Waals surface area contributed by atoms with Crippen LogP contribution in [0, 0.1) is 6.92 Å². The maximum Gasteiger partial charge on any atom is 0.228 e. The lowest BCUT2D eigenvalue weighted by Crippen LogP contribution is -2.45. The zero-order chi connectivity index (χ0) is 18.5. The Hall–Kier alpha value is -2.67. The average molecular weight is 355 g/mol. The van der Waals surface area contributed by atoms with E-state index in [1.165, 1.54) is 0 Å². The van der Waals surface area contributed by atoms with Gasteiger partial charge in [-0.1, -0.05) is 12.1 Å². The van der Waals surface area contributed by atoms with E-state index in [0.717, 1.165) is 43.1 Å². The first-order valence-electron chi connectivity index (χ1n) is 8.74. The van der Waals surface area contributed by atoms with Crippen LogP contribution in [0.4, 0.5) is 11.6 Å². The SMILES string of the molecule is COc1ccc(CC(=O)Nc2cnc(N3CCN(C)CC3)nc2)cc1C. The highest BCUT2D eigenvalue weighted by atomic mass is 16.5. The number of hydrogen-bond acceptors (Lipinski definition) is 6. The molecule has 0 unspecified atom stereocenters. The Balaban J connectivity index is 1.56. The van der Waals surface area contributed by atoms with Gasteiger partial charge in [0.1, 0.15) is 5.75 Å². The lowest BCUT2D eigenvalue weighted by Gasteiger charge is -2.32. The molecule has 2 aromatic rings. The van der Waals surface area contributed by atoms with Gasteiger partial charge in [-0.15, -0.1) is 0 Å². The number of hydrogen-bond donors (Lipinski definition) is 1. The van der Waals surface area contributed by atoms with E-state index in [1.54, 1.807) is 19.5 Å². The summed E-state index contributed by atoms with van der Waals surface area (Å²) in [6.45, 7) is 5.80. The zero-order valence-electron chi connectivity index (χ0n) is 15.5. The lowest BCUT2D eigenvalue weighted by atomic mass is 10.1. The molecule has 7 heteroatoms. The number of carbonyl (C=O) groups is 1. The topological polar surface area (TPSA) is 70.6 Å². The van der Waals surface area contributed by atoms with Crippen LogP contribution in [0.5, 0.6) is 5.75 Å². The number of ether oxygens (including phenoxy) is 1. The average Bonchev–Trinajstić information content (AvgIpc) is 2.63. The van der Waals surface area contributed by atoms with Gasteiger partial charge in [0.05, 0.1) is 31.6 Å². The zero-order valence-corrected chi connectivity index (χ0v) is 15.5. The van der Waals surface area contributed by atoms with E-state index < -0.39 is 0 Å². The summed E-state index contributed by atoms with van der Waals surface area (Å²) in [5, 5.41) is 2.85. The van der Waals surface area contributed by atoms with Crippen LogP contribution in [0.25, 0.3) is 0 Å². The summed E-state index contributed by atoms with van der Waals surface area (Å²) in [6, 6.07) is 5.75. The Morgan fingerprint density at radius 2 is 1.88 bits per heavy atom. The Bertz CT molecular complexity index is 755. The number of carbonyl (C=O) groups excluding carboxylic acids is 1. The molecule has 1 fully saturated rings. The minimum atomic E-state index is -0.0921. The van der Waals surface area contributed by atoms with Crippen LogP contribution < -0.4 is 15.0 Å². The first-order valence-corrected chi connectivity index (χ1v) is 8.74. The number of amides is 1. The van der Waals surface area contributed by atoms with Crippen LogP contribution >= 0.6 is 0 Å². The highest BCUT2D eigenvalue weighted by Crippen LogP contribution is 2.19. The number of likely N-dealkylation sites (N-methyl/N-ethyl adjacent to an activating group) is 1. The monoisotopic (exact) mass is 355 g/mol. The Morgan fingerprint density at radius 3 is 2.50 bits per heavy atom. The van der Waals surface area contributed by atoms with Crippen LogP contribution in [-0.4, -0.2) is 61.1 Å². The molecule has 0 aliphatic carbocycles. The molecule has 26 heavy (non-hydrogen) atoms. The highest BCUT2D eigenvalue weighted by Gasteiger charge is 2.16. The Kier molecular flexibility index (Phi) is 5.68. The summed E-state index contributed by atoms with van der Waals surface area (Å²) in [5.41, 5.74) is 2.56. The predicted octanol–water partition coefficient (Wildman–Crippen LogP) is 1.73. The molecule has 1 aromatic heterocycles. The second kappa shape index (κ2) is 8.14. The molecular weight excluding hydrogens is 330 g/mol. The largest absolute Gasteiger partial charge is 0.496 e. The molecule has 0 spiro atoms. The molecule has 1 aliphatic heterocycles. The third-order valence-corrected chi connectivity index (χ3v) is 4.53. The van der Waals surface area contributed by atoms with Crippen molar-refractivity contribution < 1.29 is 9.53 Å². The molecule has 1 aromatic carbocycles. The molecule has 1 amide bonds. The van der Waals surface area contributed by atoms with Gasteiger partial charge in [-0.2, -0.15) is 0 Å². The summed E-state index contributed by atoms with van der Waals surface area (Å²) in [7, 11) is 3.75. The van der Waals surface area contributed by atoms with Crippen LogP contribution in [-0.2, 0) is 11.2 Å². The normalized spacial score (nSPS) is 15.0. The van der Waals surface area contributed by atoms with Crippen molar-refractivity contribution >= 4 is 17.5 Å². The van der Waals surface area contributed by atoms with E-state index in [9.17, 15) is 4.79 Å². The second-order valence-corrected chi connectivity index (χ2v) is 6.59. The maximum absolute atomic E-state index is 12.3. The van der Waals surface area contributed by atoms with E-state index in [0.29, 0.717) is 18.1 Å². The van der Waals surface area contributed by atoms with E-state index in [1.807, 2.05) is 25.1 Å². The number of nitrogens with one attached hydrogen (secondary N) is 1. The van der Waals surface area contributed by atoms with Gasteiger partial charge in [0, 0.05) is 26.2 Å². The molecular formula is C19H25N5O2. The van der Waals surface area contributed by atoms with Gasteiger partial charge in [-0.25, -0.2) is 9.97 Å². The van der Waals surface area contributed by atoms with Crippen molar-refractivity contribution in [3.63, 3.8) is 0 Å². The minimum absolute atomic E-state index is 0.0921. The van der Waals surface area contributed by atoms with Crippen LogP contribution in [0.15, 0.2) is 30.6 Å². The highest BCUT2D eigenvalue weighted by molar-refractivity contribution is 5.92. The van der Waals surface area contributed by atoms with Gasteiger partial charge < -0.3 is 19.9 Å². The maximum atomic E-state index is 12.3. The Morgan fingerprint density at radius 1 is 1.19 bits per heavy atom. The second-order valence-electron chi connectivity index (χ2n) is 6.59. The van der Waals surface area contributed by atoms with E-state index >= 15 is 0 Å². The van der Waals surface area contributed by atoms with Crippen LogP contribution in [0.3, 0.4) is 0 Å². The van der Waals surface area contributed by atoms with Gasteiger partial charge in [-0.05, 0) is 31.2 Å². The molecule has 7 nitrogen and oxygen atoms in total. The third kappa shape index (κ3) is 4.49. The van der Waals surface area contributed by atoms with Crippen molar-refractivity contribution in [3.05, 3.63) is 41.7 Å². The molecule has 0 bridgehead atoms. The first-order chi connectivity index (χ1) is 12.5. The molecule has 2 heterocycles. The van der Waals surface area contributed by atoms with Gasteiger partial charge >= 0.3 is 0 Å². The number of piperazine rings is 1. The number of rotatable bonds is 5. The fraction of sp³-hybridized carbons (Fsp3) is 0.421. The van der Waals surface area contributed by atoms with E-state index in [-0.39, 0.29) is 5.91 Å².